The number of benzene rings is 3. The Hall–Kier alpha value is -3.12. The molecule has 1 heterocycles. The number of rotatable bonds is 9. The largest absolute Gasteiger partial charge is 0.494 e. The minimum atomic E-state index is -0.108. The number of para-hydroxylation sites is 2. The molecule has 1 aromatic heterocycles. The standard InChI is InChI=1S/C27H28BrN3O2/c1-19-9-14-23(17-20(19)2)33-16-6-5-15-31-25-8-4-3-7-24(25)30-26(31)18-29-27(32)21-10-12-22(28)13-11-21/h3-4,7-14,17H,5-6,15-16,18H2,1-2H3,(H,29,32). The number of nitrogens with zero attached hydrogens (tertiary/aromatic N) is 2. The van der Waals surface area contributed by atoms with Crippen molar-refractivity contribution in [3.8, 4) is 5.75 Å². The van der Waals surface area contributed by atoms with Crippen molar-refractivity contribution >= 4 is 32.9 Å². The predicted molar refractivity (Wildman–Crippen MR) is 136 cm³/mol. The number of unbranched alkanes of at least 4 members (excludes halogenated alkanes) is 1. The fraction of sp³-hybridized carbons (Fsp3) is 0.259. The lowest BCUT2D eigenvalue weighted by molar-refractivity contribution is 0.0949. The van der Waals surface area contributed by atoms with E-state index in [-0.39, 0.29) is 5.91 Å². The van der Waals surface area contributed by atoms with Crippen LogP contribution in [0.1, 0.15) is 40.2 Å². The topological polar surface area (TPSA) is 56.1 Å². The summed E-state index contributed by atoms with van der Waals surface area (Å²) in [5.41, 5.74) is 5.17. The second-order valence-corrected chi connectivity index (χ2v) is 9.08. The van der Waals surface area contributed by atoms with Gasteiger partial charge < -0.3 is 14.6 Å². The number of aryl methyl sites for hydroxylation is 3. The molecule has 170 valence electrons. The molecule has 3 aromatic carbocycles. The van der Waals surface area contributed by atoms with Gasteiger partial charge in [0.2, 0.25) is 0 Å². The number of carbonyl (C=O) groups is 1. The average molecular weight is 506 g/mol. The van der Waals surface area contributed by atoms with Crippen molar-refractivity contribution < 1.29 is 9.53 Å². The van der Waals surface area contributed by atoms with Crippen molar-refractivity contribution in [2.24, 2.45) is 0 Å². The molecule has 6 heteroatoms. The molecular weight excluding hydrogens is 478 g/mol. The number of carbonyl (C=O) groups excluding carboxylic acids is 1. The minimum absolute atomic E-state index is 0.108. The third-order valence-electron chi connectivity index (χ3n) is 5.77. The summed E-state index contributed by atoms with van der Waals surface area (Å²) in [7, 11) is 0. The summed E-state index contributed by atoms with van der Waals surface area (Å²) in [5.74, 6) is 1.67. The molecule has 4 rings (SSSR count). The van der Waals surface area contributed by atoms with Crippen LogP contribution in [0.15, 0.2) is 71.2 Å². The van der Waals surface area contributed by atoms with E-state index in [1.807, 2.05) is 36.4 Å². The monoisotopic (exact) mass is 505 g/mol. The van der Waals surface area contributed by atoms with E-state index in [0.717, 1.165) is 46.5 Å². The predicted octanol–water partition coefficient (Wildman–Crippen LogP) is 6.20. The molecule has 0 spiro atoms. The summed E-state index contributed by atoms with van der Waals surface area (Å²) in [6, 6.07) is 21.6. The minimum Gasteiger partial charge on any atom is -0.494 e. The number of ether oxygens (including phenoxy) is 1. The van der Waals surface area contributed by atoms with Crippen LogP contribution in [0.4, 0.5) is 0 Å². The van der Waals surface area contributed by atoms with Crippen LogP contribution in [0.2, 0.25) is 0 Å². The lowest BCUT2D eigenvalue weighted by atomic mass is 10.1. The van der Waals surface area contributed by atoms with E-state index in [1.165, 1.54) is 11.1 Å². The van der Waals surface area contributed by atoms with Crippen molar-refractivity contribution in [3.05, 3.63) is 93.7 Å². The zero-order valence-electron chi connectivity index (χ0n) is 19.0. The Balaban J connectivity index is 1.37. The van der Waals surface area contributed by atoms with Gasteiger partial charge in [-0.15, -0.1) is 0 Å². The summed E-state index contributed by atoms with van der Waals surface area (Å²) in [4.78, 5) is 17.3. The maximum atomic E-state index is 12.6. The van der Waals surface area contributed by atoms with Crippen LogP contribution >= 0.6 is 15.9 Å². The Morgan fingerprint density at radius 2 is 1.79 bits per heavy atom. The SMILES string of the molecule is Cc1ccc(OCCCCn2c(CNC(=O)c3ccc(Br)cc3)nc3ccccc32)cc1C. The van der Waals surface area contributed by atoms with Gasteiger partial charge in [0, 0.05) is 16.6 Å². The van der Waals surface area contributed by atoms with Crippen LogP contribution in [0.3, 0.4) is 0 Å². The van der Waals surface area contributed by atoms with Crippen LogP contribution in [0.25, 0.3) is 11.0 Å². The molecule has 0 bridgehead atoms. The fourth-order valence-corrected chi connectivity index (χ4v) is 4.00. The molecule has 0 aliphatic rings. The average Bonchev–Trinajstić information content (AvgIpc) is 3.17. The van der Waals surface area contributed by atoms with Crippen LogP contribution < -0.4 is 10.1 Å². The molecule has 33 heavy (non-hydrogen) atoms. The van der Waals surface area contributed by atoms with Crippen molar-refractivity contribution in [1.82, 2.24) is 14.9 Å². The molecule has 0 atom stereocenters. The second-order valence-electron chi connectivity index (χ2n) is 8.16. The lowest BCUT2D eigenvalue weighted by Crippen LogP contribution is -2.24. The molecule has 0 saturated heterocycles. The van der Waals surface area contributed by atoms with Gasteiger partial charge in [0.1, 0.15) is 11.6 Å². The normalized spacial score (nSPS) is 11.0. The summed E-state index contributed by atoms with van der Waals surface area (Å²) in [5, 5.41) is 3.01. The summed E-state index contributed by atoms with van der Waals surface area (Å²) in [6.45, 7) is 6.07. The summed E-state index contributed by atoms with van der Waals surface area (Å²) in [6.07, 6.45) is 1.89. The van der Waals surface area contributed by atoms with E-state index >= 15 is 0 Å². The first-order valence-corrected chi connectivity index (χ1v) is 12.0. The molecule has 0 saturated carbocycles. The van der Waals surface area contributed by atoms with Crippen molar-refractivity contribution in [2.45, 2.75) is 39.8 Å². The van der Waals surface area contributed by atoms with Gasteiger partial charge in [0.15, 0.2) is 0 Å². The molecule has 5 nitrogen and oxygen atoms in total. The number of imidazole rings is 1. The fourth-order valence-electron chi connectivity index (χ4n) is 3.74. The van der Waals surface area contributed by atoms with Gasteiger partial charge in [-0.05, 0) is 86.3 Å². The number of amides is 1. The van der Waals surface area contributed by atoms with Crippen molar-refractivity contribution in [3.63, 3.8) is 0 Å². The third kappa shape index (κ3) is 5.82. The van der Waals surface area contributed by atoms with Gasteiger partial charge in [-0.2, -0.15) is 0 Å². The van der Waals surface area contributed by atoms with E-state index in [4.69, 9.17) is 9.72 Å². The second kappa shape index (κ2) is 10.7. The molecule has 0 fully saturated rings. The van der Waals surface area contributed by atoms with Gasteiger partial charge in [0.25, 0.3) is 5.91 Å². The van der Waals surface area contributed by atoms with Crippen LogP contribution in [0.5, 0.6) is 5.75 Å². The third-order valence-corrected chi connectivity index (χ3v) is 6.30. The Labute approximate surface area is 202 Å². The van der Waals surface area contributed by atoms with E-state index in [0.29, 0.717) is 18.7 Å². The van der Waals surface area contributed by atoms with E-state index < -0.39 is 0 Å². The zero-order valence-corrected chi connectivity index (χ0v) is 20.6. The molecule has 1 N–H and O–H groups in total. The van der Waals surface area contributed by atoms with E-state index in [2.05, 4.69) is 57.9 Å². The molecule has 0 aliphatic heterocycles. The number of aromatic nitrogens is 2. The number of hydrogen-bond donors (Lipinski definition) is 1. The highest BCUT2D eigenvalue weighted by molar-refractivity contribution is 9.10. The van der Waals surface area contributed by atoms with E-state index in [9.17, 15) is 4.79 Å². The Morgan fingerprint density at radius 1 is 1.00 bits per heavy atom. The molecule has 0 unspecified atom stereocenters. The molecular formula is C27H28BrN3O2. The molecule has 4 aromatic rings. The first-order chi connectivity index (χ1) is 16.0. The molecule has 1 amide bonds. The van der Waals surface area contributed by atoms with Crippen molar-refractivity contribution in [1.29, 1.82) is 0 Å². The highest BCUT2D eigenvalue weighted by Crippen LogP contribution is 2.19. The van der Waals surface area contributed by atoms with Crippen LogP contribution in [-0.4, -0.2) is 22.1 Å². The summed E-state index contributed by atoms with van der Waals surface area (Å²) < 4.78 is 9.08. The van der Waals surface area contributed by atoms with E-state index in [1.54, 1.807) is 12.1 Å². The maximum Gasteiger partial charge on any atom is 0.251 e. The first-order valence-electron chi connectivity index (χ1n) is 11.2. The van der Waals surface area contributed by atoms with Crippen molar-refractivity contribution in [2.75, 3.05) is 6.61 Å². The zero-order chi connectivity index (χ0) is 23.2. The number of nitrogens with one attached hydrogen (secondary N) is 1. The van der Waals surface area contributed by atoms with Gasteiger partial charge in [-0.3, -0.25) is 4.79 Å². The highest BCUT2D eigenvalue weighted by atomic mass is 79.9. The molecule has 0 radical (unpaired) electrons. The first kappa shape index (κ1) is 23.1. The van der Waals surface area contributed by atoms with Gasteiger partial charge in [-0.25, -0.2) is 4.98 Å². The maximum absolute atomic E-state index is 12.6. The number of fused-ring (bicyclic) bond motifs is 1. The molecule has 0 aliphatic carbocycles. The van der Waals surface area contributed by atoms with Gasteiger partial charge >= 0.3 is 0 Å². The van der Waals surface area contributed by atoms with Gasteiger partial charge in [-0.1, -0.05) is 34.1 Å². The van der Waals surface area contributed by atoms with Gasteiger partial charge in [0.05, 0.1) is 24.2 Å². The Bertz CT molecular complexity index is 1250. The smallest absolute Gasteiger partial charge is 0.251 e. The number of hydrogen-bond acceptors (Lipinski definition) is 3. The Morgan fingerprint density at radius 3 is 2.58 bits per heavy atom. The summed E-state index contributed by atoms with van der Waals surface area (Å²) >= 11 is 3.40. The Kier molecular flexibility index (Phi) is 7.45. The van der Waals surface area contributed by atoms with Crippen LogP contribution in [0, 0.1) is 13.8 Å². The highest BCUT2D eigenvalue weighted by Gasteiger charge is 2.12. The quantitative estimate of drug-likeness (QED) is 0.275. The van der Waals surface area contributed by atoms with Crippen LogP contribution in [-0.2, 0) is 13.1 Å². The number of halogens is 1. The lowest BCUT2D eigenvalue weighted by Gasteiger charge is -2.11.